The molecule has 0 aliphatic heterocycles. The first kappa shape index (κ1) is 27.9. The van der Waals surface area contributed by atoms with Gasteiger partial charge in [0.2, 0.25) is 0 Å². The Morgan fingerprint density at radius 3 is 0.844 bits per heavy atom. The number of hydrogen-bond acceptors (Lipinski definition) is 1. The van der Waals surface area contributed by atoms with E-state index < -0.39 is 71.3 Å². The number of hydrogen-bond donors (Lipinski definition) is 0. The third-order valence-corrected chi connectivity index (χ3v) is 3.83. The Morgan fingerprint density at radius 1 is 0.438 bits per heavy atom. The Kier molecular flexibility index (Phi) is 8.17. The maximum absolute atomic E-state index is 12.8. The smallest absolute Gasteiger partial charge is 0.372 e. The van der Waals surface area contributed by atoms with Crippen molar-refractivity contribution in [2.24, 2.45) is 0 Å². The third-order valence-electron chi connectivity index (χ3n) is 3.83. The molecule has 0 atom stereocenters. The molecule has 32 heavy (non-hydrogen) atoms. The molecule has 0 bridgehead atoms. The van der Waals surface area contributed by atoms with E-state index in [2.05, 4.69) is 0 Å². The van der Waals surface area contributed by atoms with Crippen LogP contribution in [-0.2, 0) is 42.7 Å². The highest BCUT2D eigenvalue weighted by molar-refractivity contribution is 5.85. The lowest BCUT2D eigenvalue weighted by Gasteiger charge is -2.16. The fourth-order valence-corrected chi connectivity index (χ4v) is 2.49. The Labute approximate surface area is 178 Å². The van der Waals surface area contributed by atoms with Crippen molar-refractivity contribution >= 4 is 12.4 Å². The van der Waals surface area contributed by atoms with Gasteiger partial charge in [0, 0.05) is 0 Å². The highest BCUT2D eigenvalue weighted by Gasteiger charge is 2.38. The SMILES string of the molecule is Cl.FC(F)(F)c1cc(COCc2cc(C(F)(F)F)cc(C(F)(F)F)c2)cc(C(F)(F)F)c1. The molecule has 14 heteroatoms. The van der Waals surface area contributed by atoms with Gasteiger partial charge in [0.15, 0.2) is 0 Å². The summed E-state index contributed by atoms with van der Waals surface area (Å²) in [6.45, 7) is -1.85. The predicted molar refractivity (Wildman–Crippen MR) is 88.6 cm³/mol. The maximum Gasteiger partial charge on any atom is 0.416 e. The topological polar surface area (TPSA) is 9.23 Å². The Balaban J connectivity index is 0.00000512. The summed E-state index contributed by atoms with van der Waals surface area (Å²) < 4.78 is 159. The number of ether oxygens (including phenoxy) is 1. The summed E-state index contributed by atoms with van der Waals surface area (Å²) in [4.78, 5) is 0. The molecule has 0 saturated heterocycles. The van der Waals surface area contributed by atoms with Crippen LogP contribution in [0.1, 0.15) is 33.4 Å². The van der Waals surface area contributed by atoms with Crippen molar-refractivity contribution in [3.63, 3.8) is 0 Å². The van der Waals surface area contributed by atoms with Crippen molar-refractivity contribution in [3.05, 3.63) is 69.8 Å². The van der Waals surface area contributed by atoms with E-state index in [0.717, 1.165) is 0 Å². The second-order valence-electron chi connectivity index (χ2n) is 6.32. The van der Waals surface area contributed by atoms with Crippen molar-refractivity contribution in [1.82, 2.24) is 0 Å². The van der Waals surface area contributed by atoms with E-state index in [1.54, 1.807) is 0 Å². The molecular weight excluding hydrogens is 496 g/mol. The molecule has 0 aromatic heterocycles. The van der Waals surface area contributed by atoms with Crippen LogP contribution in [0.4, 0.5) is 52.7 Å². The molecule has 2 rings (SSSR count). The first-order valence-electron chi connectivity index (χ1n) is 8.02. The normalized spacial score (nSPS) is 13.1. The van der Waals surface area contributed by atoms with Gasteiger partial charge in [-0.25, -0.2) is 0 Å². The van der Waals surface area contributed by atoms with E-state index in [1.165, 1.54) is 0 Å². The number of alkyl halides is 12. The highest BCUT2D eigenvalue weighted by Crippen LogP contribution is 2.38. The van der Waals surface area contributed by atoms with E-state index in [-0.39, 0.29) is 24.5 Å². The number of halogens is 13. The Bertz CT molecular complexity index is 786. The molecule has 0 aliphatic rings. The van der Waals surface area contributed by atoms with Crippen molar-refractivity contribution in [2.45, 2.75) is 37.9 Å². The minimum atomic E-state index is -5.13. The van der Waals surface area contributed by atoms with Gasteiger partial charge in [0.25, 0.3) is 0 Å². The van der Waals surface area contributed by atoms with Gasteiger partial charge in [-0.15, -0.1) is 12.4 Å². The molecule has 2 aromatic carbocycles. The van der Waals surface area contributed by atoms with E-state index in [4.69, 9.17) is 4.74 Å². The summed E-state index contributed by atoms with van der Waals surface area (Å²) in [6.07, 6.45) is -20.5. The molecular formula is C18H11ClF12O. The van der Waals surface area contributed by atoms with Gasteiger partial charge >= 0.3 is 24.7 Å². The predicted octanol–water partition coefficient (Wildman–Crippen LogP) is 7.90. The minimum absolute atomic E-state index is 0. The third kappa shape index (κ3) is 7.47. The molecule has 1 nitrogen and oxygen atoms in total. The van der Waals surface area contributed by atoms with E-state index >= 15 is 0 Å². The molecule has 180 valence electrons. The second-order valence-corrected chi connectivity index (χ2v) is 6.32. The van der Waals surface area contributed by atoms with Gasteiger partial charge < -0.3 is 4.74 Å². The Morgan fingerprint density at radius 2 is 0.656 bits per heavy atom. The molecule has 0 N–H and O–H groups in total. The minimum Gasteiger partial charge on any atom is -0.372 e. The second kappa shape index (κ2) is 9.38. The van der Waals surface area contributed by atoms with Crippen LogP contribution in [0.5, 0.6) is 0 Å². The quantitative estimate of drug-likeness (QED) is 0.383. The molecule has 0 fully saturated rings. The summed E-state index contributed by atoms with van der Waals surface area (Å²) in [7, 11) is 0. The zero-order chi connectivity index (χ0) is 23.8. The molecule has 0 heterocycles. The monoisotopic (exact) mass is 506 g/mol. The molecule has 0 unspecified atom stereocenters. The van der Waals surface area contributed by atoms with Crippen LogP contribution in [-0.4, -0.2) is 0 Å². The van der Waals surface area contributed by atoms with Crippen molar-refractivity contribution < 1.29 is 57.4 Å². The lowest BCUT2D eigenvalue weighted by atomic mass is 10.0. The fourth-order valence-electron chi connectivity index (χ4n) is 2.49. The van der Waals surface area contributed by atoms with Gasteiger partial charge in [-0.3, -0.25) is 0 Å². The van der Waals surface area contributed by atoms with E-state index in [0.29, 0.717) is 24.3 Å². The molecule has 0 spiro atoms. The molecule has 0 aliphatic carbocycles. The van der Waals surface area contributed by atoms with Gasteiger partial charge in [0.05, 0.1) is 35.5 Å². The van der Waals surface area contributed by atoms with Gasteiger partial charge in [-0.2, -0.15) is 52.7 Å². The summed E-state index contributed by atoms with van der Waals surface area (Å²) in [5, 5.41) is 0. The van der Waals surface area contributed by atoms with Crippen LogP contribution < -0.4 is 0 Å². The van der Waals surface area contributed by atoms with Crippen molar-refractivity contribution in [3.8, 4) is 0 Å². The van der Waals surface area contributed by atoms with Crippen LogP contribution in [0, 0.1) is 0 Å². The summed E-state index contributed by atoms with van der Waals surface area (Å²) in [6, 6.07) is 1.08. The van der Waals surface area contributed by atoms with Gasteiger partial charge in [-0.1, -0.05) is 0 Å². The lowest BCUT2D eigenvalue weighted by Crippen LogP contribution is -2.13. The number of benzene rings is 2. The van der Waals surface area contributed by atoms with E-state index in [1.807, 2.05) is 0 Å². The molecule has 0 saturated carbocycles. The fraction of sp³-hybridized carbons (Fsp3) is 0.333. The molecule has 0 amide bonds. The molecule has 0 radical (unpaired) electrons. The highest BCUT2D eigenvalue weighted by atomic mass is 35.5. The van der Waals surface area contributed by atoms with Crippen LogP contribution in [0.3, 0.4) is 0 Å². The first-order chi connectivity index (χ1) is 13.9. The van der Waals surface area contributed by atoms with Crippen LogP contribution in [0.25, 0.3) is 0 Å². The average Bonchev–Trinajstić information content (AvgIpc) is 2.58. The van der Waals surface area contributed by atoms with Crippen molar-refractivity contribution in [2.75, 3.05) is 0 Å². The van der Waals surface area contributed by atoms with Gasteiger partial charge in [-0.05, 0) is 47.5 Å². The number of rotatable bonds is 4. The zero-order valence-electron chi connectivity index (χ0n) is 15.2. The van der Waals surface area contributed by atoms with E-state index in [9.17, 15) is 52.7 Å². The summed E-state index contributed by atoms with van der Waals surface area (Å²) in [5.41, 5.74) is -7.80. The average molecular weight is 507 g/mol. The lowest BCUT2D eigenvalue weighted by molar-refractivity contribution is -0.144. The summed E-state index contributed by atoms with van der Waals surface area (Å²) in [5.74, 6) is 0. The standard InChI is InChI=1S/C18H10F12O.ClH/c19-15(20,21)11-1-9(2-12(5-11)16(22,23)24)7-31-8-10-3-13(17(25,26)27)6-14(4-10)18(28,29)30;/h1-6H,7-8H2;1H. The van der Waals surface area contributed by atoms with Crippen molar-refractivity contribution in [1.29, 1.82) is 0 Å². The van der Waals surface area contributed by atoms with Crippen LogP contribution in [0.15, 0.2) is 36.4 Å². The zero-order valence-corrected chi connectivity index (χ0v) is 16.0. The van der Waals surface area contributed by atoms with Gasteiger partial charge in [0.1, 0.15) is 0 Å². The van der Waals surface area contributed by atoms with Crippen LogP contribution >= 0.6 is 12.4 Å². The first-order valence-corrected chi connectivity index (χ1v) is 8.02. The Hall–Kier alpha value is -2.15. The maximum atomic E-state index is 12.8. The summed E-state index contributed by atoms with van der Waals surface area (Å²) >= 11 is 0. The molecule has 2 aromatic rings. The largest absolute Gasteiger partial charge is 0.416 e. The van der Waals surface area contributed by atoms with Crippen LogP contribution in [0.2, 0.25) is 0 Å².